The van der Waals surface area contributed by atoms with Crippen molar-refractivity contribution < 1.29 is 0 Å². The van der Waals surface area contributed by atoms with Crippen LogP contribution in [0.5, 0.6) is 0 Å². The Balaban J connectivity index is 1.15. The zero-order chi connectivity index (χ0) is 35.7. The molecule has 0 amide bonds. The quantitative estimate of drug-likeness (QED) is 0.170. The van der Waals surface area contributed by atoms with Crippen molar-refractivity contribution in [2.75, 3.05) is 0 Å². The maximum Gasteiger partial charge on any atom is 0.160 e. The molecule has 0 unspecified atom stereocenters. The van der Waals surface area contributed by atoms with Crippen LogP contribution >= 0.6 is 12.8 Å². The highest BCUT2D eigenvalue weighted by Gasteiger charge is 2.29. The molecule has 9 rings (SSSR count). The van der Waals surface area contributed by atoms with E-state index in [1.165, 1.54) is 0 Å². The number of fused-ring (bicyclic) bond motifs is 3. The second kappa shape index (κ2) is 13.8. The monoisotopic (exact) mass is 697 g/mol. The number of benzene rings is 6. The van der Waals surface area contributed by atoms with Crippen molar-refractivity contribution in [2.24, 2.45) is 4.40 Å². The molecule has 6 aromatic carbocycles. The Labute approximate surface area is 313 Å². The first-order valence-corrected chi connectivity index (χ1v) is 17.8. The van der Waals surface area contributed by atoms with Gasteiger partial charge in [0.2, 0.25) is 0 Å². The summed E-state index contributed by atoms with van der Waals surface area (Å²) in [7, 11) is 0. The lowest BCUT2D eigenvalue weighted by atomic mass is 9.82. The Kier molecular flexibility index (Phi) is 8.35. The van der Waals surface area contributed by atoms with Crippen LogP contribution in [0.3, 0.4) is 0 Å². The Hall–Kier alpha value is -6.76. The highest BCUT2D eigenvalue weighted by Crippen LogP contribution is 2.39. The minimum atomic E-state index is 0.334. The van der Waals surface area contributed by atoms with E-state index in [-0.39, 0.29) is 0 Å². The third-order valence-electron chi connectivity index (χ3n) is 9.63. The first-order valence-electron chi connectivity index (χ1n) is 17.4. The first kappa shape index (κ1) is 32.2. The molecule has 0 atom stereocenters. The summed E-state index contributed by atoms with van der Waals surface area (Å²) >= 11 is 4.41. The van der Waals surface area contributed by atoms with Gasteiger partial charge in [-0.1, -0.05) is 158 Å². The molecule has 0 saturated heterocycles. The lowest BCUT2D eigenvalue weighted by Gasteiger charge is -2.24. The zero-order valence-corrected chi connectivity index (χ0v) is 29.4. The molecule has 8 aromatic rings. The number of allylic oxidation sites excluding steroid dienone is 1. The Morgan fingerprint density at radius 1 is 0.472 bits per heavy atom. The molecule has 2 heterocycles. The summed E-state index contributed by atoms with van der Waals surface area (Å²) in [4.78, 5) is 15.2. The van der Waals surface area contributed by atoms with Gasteiger partial charge in [0.25, 0.3) is 0 Å². The van der Waals surface area contributed by atoms with Crippen molar-refractivity contribution in [3.05, 3.63) is 187 Å². The molecule has 0 fully saturated rings. The normalized spacial score (nSPS) is 13.2. The number of rotatable bonds is 6. The molecule has 1 N–H and O–H groups in total. The standard InChI is InChI=1S/C47H31N5S/c48-44-38(31-13-5-1-6-14-31)28-39-43(46(44)52-53)37-26-25-36(27-42(37)49-45(39)34-17-9-3-10-18-34)30-21-23-33(24-22-30)41-29-40(32-15-7-2-8-16-32)50-47(51-41)35-19-11-4-12-20-35/h1-29,48,53H. The fraction of sp³-hybridized carbons (Fsp3) is 0. The zero-order valence-electron chi connectivity index (χ0n) is 28.5. The van der Waals surface area contributed by atoms with Gasteiger partial charge >= 0.3 is 0 Å². The molecule has 1 aliphatic rings. The molecule has 250 valence electrons. The van der Waals surface area contributed by atoms with E-state index >= 15 is 0 Å². The van der Waals surface area contributed by atoms with Gasteiger partial charge in [-0.05, 0) is 47.7 Å². The van der Waals surface area contributed by atoms with Crippen LogP contribution in [-0.4, -0.2) is 26.4 Å². The summed E-state index contributed by atoms with van der Waals surface area (Å²) in [6.45, 7) is 0. The topological polar surface area (TPSA) is 74.9 Å². The Morgan fingerprint density at radius 2 is 0.981 bits per heavy atom. The molecule has 2 aromatic heterocycles. The molecule has 5 nitrogen and oxygen atoms in total. The van der Waals surface area contributed by atoms with Gasteiger partial charge in [0, 0.05) is 44.3 Å². The van der Waals surface area contributed by atoms with E-state index in [4.69, 9.17) is 15.0 Å². The van der Waals surface area contributed by atoms with E-state index in [2.05, 4.69) is 96.1 Å². The van der Waals surface area contributed by atoms with Crippen LogP contribution in [0.15, 0.2) is 174 Å². The Morgan fingerprint density at radius 3 is 1.58 bits per heavy atom. The van der Waals surface area contributed by atoms with Crippen LogP contribution < -0.4 is 0 Å². The fourth-order valence-electron chi connectivity index (χ4n) is 6.99. The van der Waals surface area contributed by atoms with Crippen molar-refractivity contribution in [1.29, 1.82) is 5.41 Å². The minimum Gasteiger partial charge on any atom is -0.298 e. The minimum absolute atomic E-state index is 0.334. The van der Waals surface area contributed by atoms with E-state index < -0.39 is 0 Å². The average Bonchev–Trinajstić information content (AvgIpc) is 3.24. The summed E-state index contributed by atoms with van der Waals surface area (Å²) in [6, 6.07) is 57.4. The van der Waals surface area contributed by atoms with Gasteiger partial charge < -0.3 is 0 Å². The van der Waals surface area contributed by atoms with Gasteiger partial charge in [0.15, 0.2) is 5.82 Å². The Bertz CT molecular complexity index is 2650. The van der Waals surface area contributed by atoms with Crippen molar-refractivity contribution >= 4 is 46.8 Å². The van der Waals surface area contributed by atoms with Crippen molar-refractivity contribution in [3.63, 3.8) is 0 Å². The maximum absolute atomic E-state index is 9.24. The summed E-state index contributed by atoms with van der Waals surface area (Å²) < 4.78 is 4.41. The largest absolute Gasteiger partial charge is 0.298 e. The highest BCUT2D eigenvalue weighted by atomic mass is 32.1. The number of pyridine rings is 1. The number of aromatic nitrogens is 3. The molecule has 0 spiro atoms. The average molecular weight is 698 g/mol. The van der Waals surface area contributed by atoms with E-state index in [1.54, 1.807) is 0 Å². The predicted molar refractivity (Wildman–Crippen MR) is 222 cm³/mol. The van der Waals surface area contributed by atoms with E-state index in [0.717, 1.165) is 83.6 Å². The molecule has 0 bridgehead atoms. The molecule has 0 saturated carbocycles. The van der Waals surface area contributed by atoms with Gasteiger partial charge in [0.05, 0.1) is 28.3 Å². The maximum atomic E-state index is 9.24. The van der Waals surface area contributed by atoms with Crippen molar-refractivity contribution in [2.45, 2.75) is 0 Å². The van der Waals surface area contributed by atoms with Crippen LogP contribution in [0.1, 0.15) is 16.7 Å². The van der Waals surface area contributed by atoms with E-state index in [9.17, 15) is 5.41 Å². The summed E-state index contributed by atoms with van der Waals surface area (Å²) in [5.74, 6) is 0.687. The van der Waals surface area contributed by atoms with Gasteiger partial charge in [0.1, 0.15) is 5.71 Å². The van der Waals surface area contributed by atoms with Crippen LogP contribution in [0.4, 0.5) is 0 Å². The predicted octanol–water partition coefficient (Wildman–Crippen LogP) is 11.6. The highest BCUT2D eigenvalue weighted by molar-refractivity contribution is 7.79. The number of hydrogen-bond acceptors (Lipinski definition) is 6. The van der Waals surface area contributed by atoms with E-state index in [1.807, 2.05) is 97.1 Å². The SMILES string of the molecule is N=C1C(c2ccccc2)=Cc2c(-c3ccccc3)nc3cc(-c4ccc(-c5cc(-c6ccccc6)nc(-c6ccccc6)n5)cc4)ccc3c2C1=NS. The van der Waals surface area contributed by atoms with Crippen molar-refractivity contribution in [1.82, 2.24) is 15.0 Å². The number of nitrogens with one attached hydrogen (secondary N) is 1. The third-order valence-corrected chi connectivity index (χ3v) is 9.83. The molecule has 0 radical (unpaired) electrons. The lowest BCUT2D eigenvalue weighted by Crippen LogP contribution is -2.22. The number of thiol groups is 1. The van der Waals surface area contributed by atoms with Gasteiger partial charge in [-0.3, -0.25) is 5.41 Å². The van der Waals surface area contributed by atoms with Crippen LogP contribution in [0.2, 0.25) is 0 Å². The van der Waals surface area contributed by atoms with Crippen LogP contribution in [0.25, 0.3) is 78.8 Å². The lowest BCUT2D eigenvalue weighted by molar-refractivity contribution is 1.18. The van der Waals surface area contributed by atoms with Crippen LogP contribution in [-0.2, 0) is 0 Å². The van der Waals surface area contributed by atoms with Crippen LogP contribution in [0, 0.1) is 5.41 Å². The number of nitrogens with zero attached hydrogens (tertiary/aromatic N) is 4. The van der Waals surface area contributed by atoms with Gasteiger partial charge in [-0.25, -0.2) is 19.3 Å². The summed E-state index contributed by atoms with van der Waals surface area (Å²) in [5, 5.41) is 10.2. The second-order valence-electron chi connectivity index (χ2n) is 12.9. The number of hydrogen-bond donors (Lipinski definition) is 2. The molecular formula is C47H31N5S. The molecule has 53 heavy (non-hydrogen) atoms. The summed E-state index contributed by atoms with van der Waals surface area (Å²) in [6.07, 6.45) is 2.08. The molecule has 0 aliphatic heterocycles. The molecule has 1 aliphatic carbocycles. The second-order valence-corrected chi connectivity index (χ2v) is 13.1. The molecular weight excluding hydrogens is 667 g/mol. The van der Waals surface area contributed by atoms with E-state index in [0.29, 0.717) is 17.2 Å². The molecule has 6 heteroatoms. The third kappa shape index (κ3) is 6.05. The first-order chi connectivity index (χ1) is 26.1. The van der Waals surface area contributed by atoms with Gasteiger partial charge in [-0.2, -0.15) is 0 Å². The summed E-state index contributed by atoms with van der Waals surface area (Å²) in [5.41, 5.74) is 13.9. The van der Waals surface area contributed by atoms with Gasteiger partial charge in [-0.15, -0.1) is 0 Å². The fourth-order valence-corrected chi connectivity index (χ4v) is 7.19. The smallest absolute Gasteiger partial charge is 0.160 e. The van der Waals surface area contributed by atoms with Crippen molar-refractivity contribution in [3.8, 4) is 56.3 Å².